The van der Waals surface area contributed by atoms with Crippen molar-refractivity contribution in [3.63, 3.8) is 0 Å². The van der Waals surface area contributed by atoms with E-state index < -0.39 is 42.6 Å². The second-order valence-corrected chi connectivity index (χ2v) is 17.3. The SMILES string of the molecule is O=C(CCCCC(S)CCS)NCCOCCOCCOCCOCCOCCOCCNC(=O)CCN1C(=O)CC(SCCOCCOCCO[C@H]2O[C@H](CO)[C@@H](O)[C@H](O)[C@@H]2O)C1=O. The molecule has 2 fully saturated rings. The van der Waals surface area contributed by atoms with Crippen LogP contribution >= 0.6 is 37.0 Å². The molecule has 24 heteroatoms. The van der Waals surface area contributed by atoms with Gasteiger partial charge in [0.1, 0.15) is 24.4 Å². The normalized spacial score (nSPS) is 21.6. The zero-order valence-corrected chi connectivity index (χ0v) is 40.1. The lowest BCUT2D eigenvalue weighted by Crippen LogP contribution is -2.59. The number of carbonyl (C=O) groups is 4. The average Bonchev–Trinajstić information content (AvgIpc) is 3.56. The van der Waals surface area contributed by atoms with E-state index in [2.05, 4.69) is 35.9 Å². The van der Waals surface area contributed by atoms with Gasteiger partial charge in [-0.05, 0) is 25.0 Å². The molecule has 4 amide bonds. The molecule has 2 aliphatic rings. The third kappa shape index (κ3) is 28.6. The maximum absolute atomic E-state index is 12.8. The molecule has 65 heavy (non-hydrogen) atoms. The van der Waals surface area contributed by atoms with Gasteiger partial charge in [-0.15, -0.1) is 11.8 Å². The molecular formula is C41H75N3O18S3. The van der Waals surface area contributed by atoms with Gasteiger partial charge in [0.25, 0.3) is 0 Å². The molecule has 0 radical (unpaired) electrons. The second-order valence-electron chi connectivity index (χ2n) is 14.8. The van der Waals surface area contributed by atoms with Gasteiger partial charge in [-0.1, -0.05) is 6.42 Å². The highest BCUT2D eigenvalue weighted by Gasteiger charge is 2.44. The van der Waals surface area contributed by atoms with Crippen LogP contribution in [0.2, 0.25) is 0 Å². The second kappa shape index (κ2) is 39.4. The summed E-state index contributed by atoms with van der Waals surface area (Å²) < 4.78 is 54.4. The van der Waals surface area contributed by atoms with Crippen LogP contribution in [0.3, 0.4) is 0 Å². The Kier molecular flexibility index (Phi) is 36.2. The number of nitrogens with one attached hydrogen (secondary N) is 2. The van der Waals surface area contributed by atoms with E-state index in [9.17, 15) is 39.6 Å². The maximum atomic E-state index is 12.8. The van der Waals surface area contributed by atoms with Gasteiger partial charge in [0.2, 0.25) is 23.6 Å². The highest BCUT2D eigenvalue weighted by molar-refractivity contribution is 8.00. The first kappa shape index (κ1) is 59.7. The van der Waals surface area contributed by atoms with Crippen LogP contribution in [0, 0.1) is 0 Å². The number of hydrogen-bond acceptors (Lipinski definition) is 21. The number of ether oxygens (including phenoxy) is 10. The fourth-order valence-electron chi connectivity index (χ4n) is 6.09. The smallest absolute Gasteiger partial charge is 0.242 e. The topological polar surface area (TPSA) is 269 Å². The standard InChI is InChI=1S/C41H75N3O18S3/c45-30-32-37(49)38(50)39(51)41(62-32)61-25-24-59-22-23-60-26-28-65-33-29-36(48)44(40(33)52)9-5-35(47)43-8-11-54-13-15-56-17-19-58-21-20-57-18-16-55-14-12-53-10-7-42-34(46)4-2-1-3-31(64)6-27-63/h31-33,37-39,41,45,49-51,63-64H,1-30H2,(H,42,46)(H,43,47)/t31?,32-,33?,37-,38+,39+,41+/m1/s1. The minimum absolute atomic E-state index is 0.00313. The number of rotatable bonds is 43. The Bertz CT molecular complexity index is 1250. The Morgan fingerprint density at radius 1 is 0.677 bits per heavy atom. The Balaban J connectivity index is 1.29. The average molecular weight is 994 g/mol. The third-order valence-corrected chi connectivity index (χ3v) is 11.6. The van der Waals surface area contributed by atoms with Crippen LogP contribution in [0.5, 0.6) is 0 Å². The zero-order chi connectivity index (χ0) is 47.3. The van der Waals surface area contributed by atoms with Crippen molar-refractivity contribution in [3.8, 4) is 0 Å². The molecule has 6 N–H and O–H groups in total. The molecule has 0 bridgehead atoms. The molecule has 2 rings (SSSR count). The molecule has 0 aliphatic carbocycles. The van der Waals surface area contributed by atoms with Crippen molar-refractivity contribution >= 4 is 60.6 Å². The first-order valence-corrected chi connectivity index (χ1v) is 24.6. The molecule has 0 spiro atoms. The highest BCUT2D eigenvalue weighted by Crippen LogP contribution is 2.25. The number of carbonyl (C=O) groups excluding carboxylic acids is 4. The van der Waals surface area contributed by atoms with Gasteiger partial charge in [0.15, 0.2) is 6.29 Å². The number of aliphatic hydroxyl groups is 4. The molecule has 380 valence electrons. The van der Waals surface area contributed by atoms with Crippen molar-refractivity contribution in [2.75, 3.05) is 150 Å². The quantitative estimate of drug-likeness (QED) is 0.0198. The molecule has 2 heterocycles. The van der Waals surface area contributed by atoms with Crippen molar-refractivity contribution < 1.29 is 87.0 Å². The first-order valence-electron chi connectivity index (χ1n) is 22.4. The van der Waals surface area contributed by atoms with Crippen molar-refractivity contribution in [1.29, 1.82) is 0 Å². The third-order valence-electron chi connectivity index (χ3n) is 9.69. The number of likely N-dealkylation sites (tertiary alicyclic amines) is 1. The monoisotopic (exact) mass is 993 g/mol. The summed E-state index contributed by atoms with van der Waals surface area (Å²) in [6.45, 7) is 6.09. The van der Waals surface area contributed by atoms with Crippen LogP contribution in [-0.2, 0) is 66.5 Å². The molecular weight excluding hydrogens is 919 g/mol. The van der Waals surface area contributed by atoms with Crippen molar-refractivity contribution in [1.82, 2.24) is 15.5 Å². The summed E-state index contributed by atoms with van der Waals surface area (Å²) in [5.41, 5.74) is 0. The number of hydrogen-bond donors (Lipinski definition) is 8. The van der Waals surface area contributed by atoms with E-state index in [-0.39, 0.29) is 82.6 Å². The number of nitrogens with zero attached hydrogens (tertiary/aromatic N) is 1. The zero-order valence-electron chi connectivity index (χ0n) is 37.5. The summed E-state index contributed by atoms with van der Waals surface area (Å²) in [5, 5.41) is 44.2. The van der Waals surface area contributed by atoms with E-state index in [1.165, 1.54) is 11.8 Å². The summed E-state index contributed by atoms with van der Waals surface area (Å²) in [7, 11) is 0. The van der Waals surface area contributed by atoms with Crippen molar-refractivity contribution in [2.24, 2.45) is 0 Å². The number of thiol groups is 2. The lowest BCUT2D eigenvalue weighted by atomic mass is 9.99. The van der Waals surface area contributed by atoms with Gasteiger partial charge in [0, 0.05) is 49.9 Å². The Labute approximate surface area is 398 Å². The van der Waals surface area contributed by atoms with E-state index >= 15 is 0 Å². The Hall–Kier alpha value is -1.43. The molecule has 21 nitrogen and oxygen atoms in total. The van der Waals surface area contributed by atoms with E-state index in [1.807, 2.05) is 0 Å². The molecule has 7 atom stereocenters. The van der Waals surface area contributed by atoms with Gasteiger partial charge < -0.3 is 78.4 Å². The highest BCUT2D eigenvalue weighted by atomic mass is 32.2. The van der Waals surface area contributed by atoms with Crippen LogP contribution in [0.1, 0.15) is 44.9 Å². The number of amides is 4. The number of unbranched alkanes of at least 4 members (excludes halogenated alkanes) is 1. The number of aliphatic hydroxyl groups excluding tert-OH is 4. The van der Waals surface area contributed by atoms with Crippen molar-refractivity contribution in [3.05, 3.63) is 0 Å². The first-order chi connectivity index (χ1) is 31.6. The summed E-state index contributed by atoms with van der Waals surface area (Å²) in [5.74, 6) is 0.417. The van der Waals surface area contributed by atoms with E-state index in [0.29, 0.717) is 103 Å². The summed E-state index contributed by atoms with van der Waals surface area (Å²) in [6.07, 6.45) is -2.34. The van der Waals surface area contributed by atoms with Gasteiger partial charge in [-0.2, -0.15) is 25.3 Å². The number of imide groups is 1. The predicted octanol–water partition coefficient (Wildman–Crippen LogP) is -1.40. The van der Waals surface area contributed by atoms with Crippen LogP contribution in [0.4, 0.5) is 0 Å². The molecule has 0 aromatic heterocycles. The van der Waals surface area contributed by atoms with Crippen LogP contribution in [-0.4, -0.2) is 240 Å². The fraction of sp³-hybridized carbons (Fsp3) is 0.902. The van der Waals surface area contributed by atoms with E-state index in [1.54, 1.807) is 0 Å². The molecule has 2 saturated heterocycles. The van der Waals surface area contributed by atoms with Gasteiger partial charge in [-0.3, -0.25) is 24.1 Å². The summed E-state index contributed by atoms with van der Waals surface area (Å²) >= 11 is 10.0. The lowest BCUT2D eigenvalue weighted by Gasteiger charge is -2.39. The lowest BCUT2D eigenvalue weighted by molar-refractivity contribution is -0.302. The largest absolute Gasteiger partial charge is 0.394 e. The minimum Gasteiger partial charge on any atom is -0.394 e. The van der Waals surface area contributed by atoms with Crippen LogP contribution in [0.15, 0.2) is 0 Å². The van der Waals surface area contributed by atoms with Crippen LogP contribution < -0.4 is 10.6 Å². The van der Waals surface area contributed by atoms with Crippen molar-refractivity contribution in [2.45, 2.75) is 86.2 Å². The summed E-state index contributed by atoms with van der Waals surface area (Å²) in [6, 6.07) is 0. The van der Waals surface area contributed by atoms with Gasteiger partial charge in [0.05, 0.1) is 124 Å². The predicted molar refractivity (Wildman–Crippen MR) is 244 cm³/mol. The molecule has 0 aromatic rings. The Morgan fingerprint density at radius 3 is 1.69 bits per heavy atom. The minimum atomic E-state index is -1.52. The summed E-state index contributed by atoms with van der Waals surface area (Å²) in [4.78, 5) is 50.5. The molecule has 0 saturated carbocycles. The van der Waals surface area contributed by atoms with E-state index in [4.69, 9.17) is 47.4 Å². The Morgan fingerprint density at radius 2 is 1.17 bits per heavy atom. The van der Waals surface area contributed by atoms with E-state index in [0.717, 1.165) is 36.3 Å². The van der Waals surface area contributed by atoms with Gasteiger partial charge in [-0.25, -0.2) is 0 Å². The molecule has 2 unspecified atom stereocenters. The number of thioether (sulfide) groups is 1. The molecule has 0 aromatic carbocycles. The molecule has 2 aliphatic heterocycles. The van der Waals surface area contributed by atoms with Gasteiger partial charge >= 0.3 is 0 Å². The fourth-order valence-corrected chi connectivity index (χ4v) is 7.95. The maximum Gasteiger partial charge on any atom is 0.242 e. The van der Waals surface area contributed by atoms with Crippen LogP contribution in [0.25, 0.3) is 0 Å².